The van der Waals surface area contributed by atoms with Crippen LogP contribution in [0.25, 0.3) is 10.9 Å². The summed E-state index contributed by atoms with van der Waals surface area (Å²) in [6, 6.07) is 7.04. The van der Waals surface area contributed by atoms with Gasteiger partial charge in [0.2, 0.25) is 0 Å². The highest BCUT2D eigenvalue weighted by Crippen LogP contribution is 2.41. The predicted molar refractivity (Wildman–Crippen MR) is 94.7 cm³/mol. The van der Waals surface area contributed by atoms with Gasteiger partial charge in [-0.2, -0.15) is 0 Å². The van der Waals surface area contributed by atoms with Crippen molar-refractivity contribution in [2.45, 2.75) is 57.5 Å². The molecule has 0 saturated heterocycles. The number of hydrogen-bond acceptors (Lipinski definition) is 3. The fourth-order valence-corrected chi connectivity index (χ4v) is 3.39. The summed E-state index contributed by atoms with van der Waals surface area (Å²) in [6.45, 7) is 3.58. The smallest absolute Gasteiger partial charge is 0.326 e. The monoisotopic (exact) mass is 338 g/mol. The molecule has 0 spiro atoms. The van der Waals surface area contributed by atoms with Gasteiger partial charge in [-0.1, -0.05) is 11.6 Å². The number of amides is 1. The van der Waals surface area contributed by atoms with Crippen molar-refractivity contribution < 1.29 is 14.7 Å². The Kier molecular flexibility index (Phi) is 3.74. The Bertz CT molecular complexity index is 869. The Hall–Kier alpha value is -2.43. The van der Waals surface area contributed by atoms with E-state index in [1.165, 1.54) is 0 Å². The zero-order valence-corrected chi connectivity index (χ0v) is 14.5. The van der Waals surface area contributed by atoms with E-state index in [2.05, 4.69) is 0 Å². The minimum atomic E-state index is -0.961. The molecule has 2 aliphatic carbocycles. The summed E-state index contributed by atoms with van der Waals surface area (Å²) >= 11 is 0. The van der Waals surface area contributed by atoms with Gasteiger partial charge in [0.05, 0.1) is 11.1 Å². The van der Waals surface area contributed by atoms with Crippen LogP contribution in [0.15, 0.2) is 24.3 Å². The topological polar surface area (TPSA) is 70.5 Å². The van der Waals surface area contributed by atoms with E-state index in [0.29, 0.717) is 11.5 Å². The van der Waals surface area contributed by atoms with Crippen molar-refractivity contribution in [2.75, 3.05) is 0 Å². The van der Waals surface area contributed by atoms with E-state index in [1.54, 1.807) is 11.8 Å². The van der Waals surface area contributed by atoms with E-state index in [-0.39, 0.29) is 11.9 Å². The Morgan fingerprint density at radius 1 is 1.20 bits per heavy atom. The molecule has 130 valence electrons. The number of aryl methyl sites for hydroxylation is 1. The average molecular weight is 338 g/mol. The molecule has 1 amide bonds. The van der Waals surface area contributed by atoms with Gasteiger partial charge in [0.25, 0.3) is 5.91 Å². The van der Waals surface area contributed by atoms with Crippen LogP contribution in [0.4, 0.5) is 0 Å². The standard InChI is InChI=1S/C20H22N2O3/c1-11-3-8-17-15(9-11)16(10-18(21-17)13-4-5-13)19(23)22(14-6-7-14)12(2)20(24)25/h3,8-10,12-14H,4-7H2,1-2H3,(H,24,25). The van der Waals surface area contributed by atoms with E-state index in [4.69, 9.17) is 4.98 Å². The molecule has 4 rings (SSSR count). The summed E-state index contributed by atoms with van der Waals surface area (Å²) in [5.41, 5.74) is 3.43. The SMILES string of the molecule is Cc1ccc2nc(C3CC3)cc(C(=O)N(C3CC3)C(C)C(=O)O)c2c1. The number of carboxylic acid groups (broad SMARTS) is 1. The van der Waals surface area contributed by atoms with Gasteiger partial charge in [-0.05, 0) is 57.7 Å². The molecule has 1 unspecified atom stereocenters. The van der Waals surface area contributed by atoms with Crippen LogP contribution < -0.4 is 0 Å². The van der Waals surface area contributed by atoms with Gasteiger partial charge in [0.15, 0.2) is 0 Å². The van der Waals surface area contributed by atoms with E-state index in [9.17, 15) is 14.7 Å². The van der Waals surface area contributed by atoms with Gasteiger partial charge >= 0.3 is 5.97 Å². The number of aromatic nitrogens is 1. The molecule has 2 aliphatic rings. The molecule has 1 N–H and O–H groups in total. The minimum Gasteiger partial charge on any atom is -0.480 e. The summed E-state index contributed by atoms with van der Waals surface area (Å²) in [7, 11) is 0. The molecule has 5 heteroatoms. The third-order valence-electron chi connectivity index (χ3n) is 5.16. The number of rotatable bonds is 5. The molecule has 5 nitrogen and oxygen atoms in total. The highest BCUT2D eigenvalue weighted by Gasteiger charge is 2.39. The Labute approximate surface area is 146 Å². The summed E-state index contributed by atoms with van der Waals surface area (Å²) < 4.78 is 0. The van der Waals surface area contributed by atoms with Gasteiger partial charge in [0, 0.05) is 23.0 Å². The molecule has 1 aromatic heterocycles. The lowest BCUT2D eigenvalue weighted by atomic mass is 10.0. The first kappa shape index (κ1) is 16.1. The number of benzene rings is 1. The maximum atomic E-state index is 13.3. The third kappa shape index (κ3) is 2.99. The van der Waals surface area contributed by atoms with Crippen LogP contribution in [0, 0.1) is 6.92 Å². The lowest BCUT2D eigenvalue weighted by Crippen LogP contribution is -2.44. The number of carbonyl (C=O) groups excluding carboxylic acids is 1. The first-order chi connectivity index (χ1) is 12.0. The lowest BCUT2D eigenvalue weighted by molar-refractivity contribution is -0.141. The Morgan fingerprint density at radius 2 is 1.92 bits per heavy atom. The molecule has 2 aromatic rings. The summed E-state index contributed by atoms with van der Waals surface area (Å²) in [4.78, 5) is 31.1. The van der Waals surface area contributed by atoms with Crippen molar-refractivity contribution in [1.82, 2.24) is 9.88 Å². The van der Waals surface area contributed by atoms with E-state index in [0.717, 1.165) is 47.8 Å². The Balaban J connectivity index is 1.84. The zero-order chi connectivity index (χ0) is 17.7. The summed E-state index contributed by atoms with van der Waals surface area (Å²) in [6.07, 6.45) is 3.97. The molecule has 1 atom stereocenters. The first-order valence-corrected chi connectivity index (χ1v) is 8.92. The van der Waals surface area contributed by atoms with Crippen molar-refractivity contribution in [1.29, 1.82) is 0 Å². The second kappa shape index (κ2) is 5.83. The number of aliphatic carboxylic acids is 1. The van der Waals surface area contributed by atoms with Crippen LogP contribution in [0.5, 0.6) is 0 Å². The van der Waals surface area contributed by atoms with E-state index >= 15 is 0 Å². The second-order valence-corrected chi connectivity index (χ2v) is 7.35. The number of fused-ring (bicyclic) bond motifs is 1. The van der Waals surface area contributed by atoms with E-state index in [1.807, 2.05) is 31.2 Å². The van der Waals surface area contributed by atoms with Crippen LogP contribution in [0.1, 0.15) is 60.1 Å². The molecule has 0 bridgehead atoms. The average Bonchev–Trinajstić information content (AvgIpc) is 3.46. The van der Waals surface area contributed by atoms with Crippen molar-refractivity contribution in [3.8, 4) is 0 Å². The highest BCUT2D eigenvalue weighted by molar-refractivity contribution is 6.07. The van der Waals surface area contributed by atoms with Gasteiger partial charge in [-0.15, -0.1) is 0 Å². The lowest BCUT2D eigenvalue weighted by Gasteiger charge is -2.27. The maximum absolute atomic E-state index is 13.3. The van der Waals surface area contributed by atoms with E-state index < -0.39 is 12.0 Å². The largest absolute Gasteiger partial charge is 0.480 e. The normalized spacial score (nSPS) is 18.2. The van der Waals surface area contributed by atoms with Gasteiger partial charge in [-0.3, -0.25) is 9.78 Å². The zero-order valence-electron chi connectivity index (χ0n) is 14.5. The van der Waals surface area contributed by atoms with Crippen LogP contribution in [0.2, 0.25) is 0 Å². The molecule has 0 aliphatic heterocycles. The number of carboxylic acids is 1. The molecule has 25 heavy (non-hydrogen) atoms. The van der Waals surface area contributed by atoms with Crippen LogP contribution >= 0.6 is 0 Å². The summed E-state index contributed by atoms with van der Waals surface area (Å²) in [5, 5.41) is 10.2. The fraction of sp³-hybridized carbons (Fsp3) is 0.450. The van der Waals surface area contributed by atoms with Gasteiger partial charge in [0.1, 0.15) is 6.04 Å². The second-order valence-electron chi connectivity index (χ2n) is 7.35. The maximum Gasteiger partial charge on any atom is 0.326 e. The third-order valence-corrected chi connectivity index (χ3v) is 5.16. The molecule has 1 aromatic carbocycles. The molecule has 2 fully saturated rings. The Morgan fingerprint density at radius 3 is 2.52 bits per heavy atom. The van der Waals surface area contributed by atoms with Crippen LogP contribution in [-0.4, -0.2) is 39.0 Å². The number of hydrogen-bond donors (Lipinski definition) is 1. The van der Waals surface area contributed by atoms with Gasteiger partial charge in [-0.25, -0.2) is 4.79 Å². The number of pyridine rings is 1. The quantitative estimate of drug-likeness (QED) is 0.906. The summed E-state index contributed by atoms with van der Waals surface area (Å²) in [5.74, 6) is -0.710. The minimum absolute atomic E-state index is 0.0380. The molecule has 1 heterocycles. The van der Waals surface area contributed by atoms with Crippen molar-refractivity contribution in [3.63, 3.8) is 0 Å². The molecular formula is C20H22N2O3. The highest BCUT2D eigenvalue weighted by atomic mass is 16.4. The molecule has 2 saturated carbocycles. The molecular weight excluding hydrogens is 316 g/mol. The molecule has 0 radical (unpaired) electrons. The van der Waals surface area contributed by atoms with Crippen molar-refractivity contribution >= 4 is 22.8 Å². The number of nitrogens with zero attached hydrogens (tertiary/aromatic N) is 2. The first-order valence-electron chi connectivity index (χ1n) is 8.92. The van der Waals surface area contributed by atoms with Gasteiger partial charge < -0.3 is 10.0 Å². The van der Waals surface area contributed by atoms with Crippen LogP contribution in [0.3, 0.4) is 0 Å². The van der Waals surface area contributed by atoms with Crippen molar-refractivity contribution in [3.05, 3.63) is 41.1 Å². The number of carbonyl (C=O) groups is 2. The predicted octanol–water partition coefficient (Wildman–Crippen LogP) is 3.50. The fourth-order valence-electron chi connectivity index (χ4n) is 3.39. The van der Waals surface area contributed by atoms with Crippen molar-refractivity contribution in [2.24, 2.45) is 0 Å². The van der Waals surface area contributed by atoms with Crippen LogP contribution in [-0.2, 0) is 4.79 Å².